The number of rotatable bonds is 6. The fourth-order valence-electron chi connectivity index (χ4n) is 2.09. The lowest BCUT2D eigenvalue weighted by Gasteiger charge is -2.14. The third-order valence-electron chi connectivity index (χ3n) is 3.06. The summed E-state index contributed by atoms with van der Waals surface area (Å²) < 4.78 is 11.0. The Balaban J connectivity index is 2.08. The molecule has 4 nitrogen and oxygen atoms in total. The minimum atomic E-state index is 0.101. The van der Waals surface area contributed by atoms with Crippen LogP contribution in [0.15, 0.2) is 36.5 Å². The van der Waals surface area contributed by atoms with Gasteiger partial charge in [0.05, 0.1) is 18.9 Å². The van der Waals surface area contributed by atoms with Crippen molar-refractivity contribution in [2.24, 2.45) is 0 Å². The molecule has 0 amide bonds. The maximum Gasteiger partial charge on any atom is 0.237 e. The minimum absolute atomic E-state index is 0.101. The van der Waals surface area contributed by atoms with Gasteiger partial charge in [0.15, 0.2) is 0 Å². The first kappa shape index (κ1) is 15.2. The molecule has 2 rings (SSSR count). The Morgan fingerprint density at radius 2 is 2.05 bits per heavy atom. The van der Waals surface area contributed by atoms with E-state index in [1.54, 1.807) is 13.3 Å². The molecule has 0 radical (unpaired) electrons. The van der Waals surface area contributed by atoms with E-state index in [4.69, 9.17) is 9.47 Å². The molecule has 0 fully saturated rings. The Bertz CT molecular complexity index is 597. The van der Waals surface area contributed by atoms with Crippen LogP contribution in [0.25, 0.3) is 0 Å². The monoisotopic (exact) mass is 286 g/mol. The fourth-order valence-corrected chi connectivity index (χ4v) is 2.09. The van der Waals surface area contributed by atoms with Crippen LogP contribution in [-0.4, -0.2) is 18.2 Å². The van der Waals surface area contributed by atoms with Gasteiger partial charge in [-0.05, 0) is 50.1 Å². The highest BCUT2D eigenvalue weighted by atomic mass is 16.5. The van der Waals surface area contributed by atoms with Gasteiger partial charge in [-0.1, -0.05) is 12.1 Å². The Morgan fingerprint density at radius 3 is 2.71 bits per heavy atom. The maximum absolute atomic E-state index is 5.70. The number of anilines is 1. The number of aryl methyl sites for hydroxylation is 1. The molecule has 0 aliphatic rings. The Morgan fingerprint density at radius 1 is 1.24 bits per heavy atom. The van der Waals surface area contributed by atoms with E-state index in [2.05, 4.69) is 22.4 Å². The number of ether oxygens (including phenoxy) is 2. The lowest BCUT2D eigenvalue weighted by Crippen LogP contribution is -2.10. The van der Waals surface area contributed by atoms with E-state index in [-0.39, 0.29) is 6.10 Å². The number of nitrogens with one attached hydrogen (secondary N) is 1. The highest BCUT2D eigenvalue weighted by Gasteiger charge is 2.07. The van der Waals surface area contributed by atoms with Gasteiger partial charge in [0, 0.05) is 12.7 Å². The van der Waals surface area contributed by atoms with Gasteiger partial charge in [-0.25, -0.2) is 4.98 Å². The number of hydrogen-bond donors (Lipinski definition) is 1. The molecule has 1 N–H and O–H groups in total. The molecule has 0 saturated heterocycles. The number of aromatic nitrogens is 1. The standard InChI is InChI=1S/C17H22N2O2/c1-12(2)21-17-15(6-5-9-18-17)19-11-14-7-8-16(20-4)13(3)10-14/h5-10,12,19H,11H2,1-4H3. The summed E-state index contributed by atoms with van der Waals surface area (Å²) in [5.41, 5.74) is 3.22. The Hall–Kier alpha value is -2.23. The molecule has 2 aromatic rings. The number of nitrogens with zero attached hydrogens (tertiary/aromatic N) is 1. The summed E-state index contributed by atoms with van der Waals surface area (Å²) in [7, 11) is 1.69. The molecule has 4 heteroatoms. The van der Waals surface area contributed by atoms with E-state index in [1.165, 1.54) is 5.56 Å². The summed E-state index contributed by atoms with van der Waals surface area (Å²) in [5.74, 6) is 1.54. The SMILES string of the molecule is COc1ccc(CNc2cccnc2OC(C)C)cc1C. The van der Waals surface area contributed by atoms with E-state index in [0.29, 0.717) is 12.4 Å². The third kappa shape index (κ3) is 4.12. The second-order valence-corrected chi connectivity index (χ2v) is 5.18. The zero-order valence-corrected chi connectivity index (χ0v) is 13.0. The van der Waals surface area contributed by atoms with Crippen molar-refractivity contribution in [1.29, 1.82) is 0 Å². The third-order valence-corrected chi connectivity index (χ3v) is 3.06. The van der Waals surface area contributed by atoms with E-state index < -0.39 is 0 Å². The maximum atomic E-state index is 5.70. The van der Waals surface area contributed by atoms with Gasteiger partial charge in [0.25, 0.3) is 0 Å². The van der Waals surface area contributed by atoms with E-state index in [0.717, 1.165) is 17.0 Å². The largest absolute Gasteiger partial charge is 0.496 e. The summed E-state index contributed by atoms with van der Waals surface area (Å²) in [6, 6.07) is 10.0. The summed E-state index contributed by atoms with van der Waals surface area (Å²) in [6.07, 6.45) is 1.84. The zero-order chi connectivity index (χ0) is 15.2. The first-order valence-corrected chi connectivity index (χ1v) is 7.09. The zero-order valence-electron chi connectivity index (χ0n) is 13.0. The van der Waals surface area contributed by atoms with Crippen molar-refractivity contribution in [1.82, 2.24) is 4.98 Å². The number of pyridine rings is 1. The van der Waals surface area contributed by atoms with Crippen LogP contribution in [0.1, 0.15) is 25.0 Å². The van der Waals surface area contributed by atoms with Crippen LogP contribution in [-0.2, 0) is 6.54 Å². The van der Waals surface area contributed by atoms with Crippen molar-refractivity contribution in [2.45, 2.75) is 33.4 Å². The van der Waals surface area contributed by atoms with Crippen molar-refractivity contribution in [3.05, 3.63) is 47.7 Å². The molecule has 0 unspecified atom stereocenters. The fraction of sp³-hybridized carbons (Fsp3) is 0.353. The molecule has 0 atom stereocenters. The highest BCUT2D eigenvalue weighted by Crippen LogP contribution is 2.23. The van der Waals surface area contributed by atoms with Gasteiger partial charge in [-0.3, -0.25) is 0 Å². The van der Waals surface area contributed by atoms with Gasteiger partial charge in [-0.2, -0.15) is 0 Å². The average molecular weight is 286 g/mol. The second-order valence-electron chi connectivity index (χ2n) is 5.18. The van der Waals surface area contributed by atoms with Gasteiger partial charge in [0.2, 0.25) is 5.88 Å². The molecular weight excluding hydrogens is 264 g/mol. The normalized spacial score (nSPS) is 10.5. The van der Waals surface area contributed by atoms with E-state index in [1.807, 2.05) is 39.0 Å². The summed E-state index contributed by atoms with van der Waals surface area (Å²) in [4.78, 5) is 4.27. The average Bonchev–Trinajstić information content (AvgIpc) is 2.46. The van der Waals surface area contributed by atoms with Crippen molar-refractivity contribution in [3.8, 4) is 11.6 Å². The second kappa shape index (κ2) is 6.97. The van der Waals surface area contributed by atoms with Crippen LogP contribution in [0, 0.1) is 6.92 Å². The van der Waals surface area contributed by atoms with Crippen LogP contribution in [0.4, 0.5) is 5.69 Å². The molecule has 0 aliphatic carbocycles. The van der Waals surface area contributed by atoms with Crippen molar-refractivity contribution in [3.63, 3.8) is 0 Å². The topological polar surface area (TPSA) is 43.4 Å². The molecule has 21 heavy (non-hydrogen) atoms. The van der Waals surface area contributed by atoms with Gasteiger partial charge >= 0.3 is 0 Å². The predicted octanol–water partition coefficient (Wildman–Crippen LogP) is 3.80. The van der Waals surface area contributed by atoms with Crippen LogP contribution in [0.2, 0.25) is 0 Å². The summed E-state index contributed by atoms with van der Waals surface area (Å²) >= 11 is 0. The number of methoxy groups -OCH3 is 1. The first-order valence-electron chi connectivity index (χ1n) is 7.09. The summed E-state index contributed by atoms with van der Waals surface area (Å²) in [6.45, 7) is 6.74. The highest BCUT2D eigenvalue weighted by molar-refractivity contribution is 5.52. The lowest BCUT2D eigenvalue weighted by atomic mass is 10.1. The van der Waals surface area contributed by atoms with Gasteiger partial charge in [-0.15, -0.1) is 0 Å². The molecule has 1 aromatic carbocycles. The molecule has 0 saturated carbocycles. The van der Waals surface area contributed by atoms with Gasteiger partial charge in [0.1, 0.15) is 5.75 Å². The van der Waals surface area contributed by atoms with Crippen molar-refractivity contribution < 1.29 is 9.47 Å². The van der Waals surface area contributed by atoms with Crippen LogP contribution in [0.3, 0.4) is 0 Å². The van der Waals surface area contributed by atoms with Crippen LogP contribution in [0.5, 0.6) is 11.6 Å². The van der Waals surface area contributed by atoms with Crippen LogP contribution >= 0.6 is 0 Å². The molecule has 0 bridgehead atoms. The minimum Gasteiger partial charge on any atom is -0.496 e. The van der Waals surface area contributed by atoms with Gasteiger partial charge < -0.3 is 14.8 Å². The Labute approximate surface area is 126 Å². The van der Waals surface area contributed by atoms with Crippen LogP contribution < -0.4 is 14.8 Å². The summed E-state index contributed by atoms with van der Waals surface area (Å²) in [5, 5.41) is 3.37. The molecule has 0 spiro atoms. The molecule has 1 heterocycles. The lowest BCUT2D eigenvalue weighted by molar-refractivity contribution is 0.234. The predicted molar refractivity (Wildman–Crippen MR) is 85.1 cm³/mol. The van der Waals surface area contributed by atoms with Crippen molar-refractivity contribution in [2.75, 3.05) is 12.4 Å². The van der Waals surface area contributed by atoms with E-state index in [9.17, 15) is 0 Å². The quantitative estimate of drug-likeness (QED) is 0.877. The molecule has 0 aliphatic heterocycles. The molecule has 1 aromatic heterocycles. The van der Waals surface area contributed by atoms with Crippen molar-refractivity contribution >= 4 is 5.69 Å². The smallest absolute Gasteiger partial charge is 0.237 e. The molecule has 112 valence electrons. The number of benzene rings is 1. The van der Waals surface area contributed by atoms with E-state index >= 15 is 0 Å². The Kier molecular flexibility index (Phi) is 5.04. The first-order chi connectivity index (χ1) is 10.1. The number of hydrogen-bond acceptors (Lipinski definition) is 4. The molecular formula is C17H22N2O2.